The van der Waals surface area contributed by atoms with Crippen LogP contribution in [0.1, 0.15) is 0 Å². The topological polar surface area (TPSA) is 90.2 Å². The maximum Gasteiger partial charge on any atom is 0.144 e. The molecule has 0 aromatic carbocycles. The number of rotatable bonds is 10. The molecule has 0 bridgehead atoms. The number of aliphatic hydroxyl groups is 4. The van der Waals surface area contributed by atoms with Crippen molar-refractivity contribution in [1.29, 1.82) is 0 Å². The molecule has 0 aliphatic heterocycles. The summed E-state index contributed by atoms with van der Waals surface area (Å²) < 4.78 is 6.96. The van der Waals surface area contributed by atoms with Gasteiger partial charge in [0.2, 0.25) is 0 Å². The van der Waals surface area contributed by atoms with Gasteiger partial charge < -0.3 is 24.5 Å². The fourth-order valence-electron chi connectivity index (χ4n) is 3.32. The Labute approximate surface area is 148 Å². The number of hydrogen-bond acceptors (Lipinski definition) is 5. The van der Waals surface area contributed by atoms with Gasteiger partial charge in [-0.1, -0.05) is 52.4 Å². The molecule has 23 heavy (non-hydrogen) atoms. The van der Waals surface area contributed by atoms with Crippen LogP contribution in [0.2, 0.25) is 52.4 Å². The van der Waals surface area contributed by atoms with Crippen LogP contribution in [-0.4, -0.2) is 91.9 Å². The van der Waals surface area contributed by atoms with Crippen LogP contribution in [0.3, 0.4) is 0 Å². The monoisotopic (exact) mass is 430 g/mol. The third-order valence-corrected chi connectivity index (χ3v) is 68.1. The molecule has 0 heterocycles. The third kappa shape index (κ3) is 6.09. The minimum Gasteiger partial charge on any atom is -0.468 e. The van der Waals surface area contributed by atoms with Crippen molar-refractivity contribution in [3.8, 4) is 0 Å². The van der Waals surface area contributed by atoms with Crippen LogP contribution in [0.15, 0.2) is 0 Å². The van der Waals surface area contributed by atoms with Gasteiger partial charge in [-0.3, -0.25) is 0 Å². The second kappa shape index (κ2) is 8.66. The molecule has 0 unspecified atom stereocenters. The molecule has 140 valence electrons. The molecule has 0 aliphatic rings. The molecule has 4 N–H and O–H groups in total. The van der Waals surface area contributed by atoms with Gasteiger partial charge in [0.15, 0.2) is 0 Å². The molecule has 5 nitrogen and oxygen atoms in total. The van der Waals surface area contributed by atoms with E-state index in [9.17, 15) is 20.4 Å². The van der Waals surface area contributed by atoms with Gasteiger partial charge in [-0.05, 0) is 0 Å². The lowest BCUT2D eigenvalue weighted by Crippen LogP contribution is -2.75. The van der Waals surface area contributed by atoms with E-state index < -0.39 is 46.5 Å². The Bertz CT molecular complexity index is 311. The van der Waals surface area contributed by atoms with E-state index in [0.29, 0.717) is 0 Å². The van der Waals surface area contributed by atoms with Gasteiger partial charge in [0.1, 0.15) is 16.2 Å². The maximum absolute atomic E-state index is 9.95. The van der Waals surface area contributed by atoms with Crippen molar-refractivity contribution in [2.75, 3.05) is 24.9 Å². The van der Waals surface area contributed by atoms with Gasteiger partial charge in [-0.15, -0.1) is 0 Å². The van der Waals surface area contributed by atoms with Gasteiger partial charge in [0, 0.05) is 24.9 Å². The molecule has 0 aliphatic carbocycles. The highest BCUT2D eigenvalue weighted by Gasteiger charge is 2.53. The average molecular weight is 431 g/mol. The van der Waals surface area contributed by atoms with Gasteiger partial charge in [-0.25, -0.2) is 0 Å². The summed E-state index contributed by atoms with van der Waals surface area (Å²) in [6.45, 7) is 17.5. The molecule has 0 radical (unpaired) electrons. The van der Waals surface area contributed by atoms with E-state index in [2.05, 4.69) is 52.4 Å². The highest BCUT2D eigenvalue weighted by atomic mass is 29.7. The summed E-state index contributed by atoms with van der Waals surface area (Å²) in [4.78, 5) is 0. The standard InChI is InChI=1S/C12H38O5Si6/c1-20(2,9-13)18(21(3,4)10-14)17-19(22(5,6)11-15)23(7,8)12-16/h13-16,18-19H,9-12H2,1-8H3. The van der Waals surface area contributed by atoms with Crippen LogP contribution in [-0.2, 0) is 4.12 Å². The molecule has 0 fully saturated rings. The molecule has 0 saturated carbocycles. The molecule has 0 aromatic rings. The van der Waals surface area contributed by atoms with Crippen molar-refractivity contribution in [1.82, 2.24) is 0 Å². The van der Waals surface area contributed by atoms with Crippen LogP contribution in [0.5, 0.6) is 0 Å². The van der Waals surface area contributed by atoms with Gasteiger partial charge >= 0.3 is 0 Å². The highest BCUT2D eigenvalue weighted by molar-refractivity contribution is 7.65. The SMILES string of the molecule is C[Si](C)(CO)[SiH](O[SiH]([Si](C)(C)CO)[Si](C)(C)CO)[Si](C)(C)CO. The first-order valence-electron chi connectivity index (χ1n) is 8.31. The van der Waals surface area contributed by atoms with Crippen LogP contribution in [0, 0.1) is 0 Å². The van der Waals surface area contributed by atoms with E-state index in [-0.39, 0.29) is 24.9 Å². The molecule has 0 spiro atoms. The second-order valence-electron chi connectivity index (χ2n) is 9.48. The zero-order valence-electron chi connectivity index (χ0n) is 16.2. The summed E-state index contributed by atoms with van der Waals surface area (Å²) in [6.07, 6.45) is 0.792. The molecule has 11 heteroatoms. The van der Waals surface area contributed by atoms with Crippen molar-refractivity contribution in [2.24, 2.45) is 0 Å². The lowest BCUT2D eigenvalue weighted by atomic mass is 11.7. The predicted molar refractivity (Wildman–Crippen MR) is 114 cm³/mol. The van der Waals surface area contributed by atoms with Crippen LogP contribution >= 0.6 is 0 Å². The first-order valence-corrected chi connectivity index (χ1v) is 29.3. The summed E-state index contributed by atoms with van der Waals surface area (Å²) in [5, 5.41) is 39.8. The lowest BCUT2D eigenvalue weighted by Gasteiger charge is -2.47. The van der Waals surface area contributed by atoms with Gasteiger partial charge in [-0.2, -0.15) is 0 Å². The minimum atomic E-state index is -1.92. The van der Waals surface area contributed by atoms with E-state index >= 15 is 0 Å². The minimum absolute atomic E-state index is 0.198. The molecule has 0 amide bonds. The van der Waals surface area contributed by atoms with Crippen molar-refractivity contribution < 1.29 is 24.5 Å². The molecule has 0 aromatic heterocycles. The van der Waals surface area contributed by atoms with Crippen LogP contribution in [0.25, 0.3) is 0 Å². The summed E-state index contributed by atoms with van der Waals surface area (Å²) in [5.74, 6) is 0. The first kappa shape index (κ1) is 24.1. The van der Waals surface area contributed by atoms with Crippen LogP contribution in [0.4, 0.5) is 0 Å². The Morgan fingerprint density at radius 1 is 0.522 bits per heavy atom. The van der Waals surface area contributed by atoms with Gasteiger partial charge in [0.05, 0.1) is 30.4 Å². The van der Waals surface area contributed by atoms with E-state index in [0.717, 1.165) is 0 Å². The van der Waals surface area contributed by atoms with Crippen LogP contribution < -0.4 is 0 Å². The zero-order valence-corrected chi connectivity index (χ0v) is 22.5. The van der Waals surface area contributed by atoms with Crippen molar-refractivity contribution in [2.45, 2.75) is 52.4 Å². The molecule has 0 rings (SSSR count). The fourth-order valence-corrected chi connectivity index (χ4v) is 94.3. The predicted octanol–water partition coefficient (Wildman–Crippen LogP) is -0.276. The van der Waals surface area contributed by atoms with Crippen molar-refractivity contribution in [3.05, 3.63) is 0 Å². The number of hydrogen-bond donors (Lipinski definition) is 4. The smallest absolute Gasteiger partial charge is 0.144 e. The molecule has 0 atom stereocenters. The molecular weight excluding hydrogens is 393 g/mol. The largest absolute Gasteiger partial charge is 0.468 e. The molecule has 0 saturated heterocycles. The summed E-state index contributed by atoms with van der Waals surface area (Å²) in [6, 6.07) is 0. The lowest BCUT2D eigenvalue weighted by molar-refractivity contribution is 0.356. The normalized spacial score (nSPS) is 14.9. The average Bonchev–Trinajstić information content (AvgIpc) is 2.46. The summed E-state index contributed by atoms with van der Waals surface area (Å²) >= 11 is 0. The van der Waals surface area contributed by atoms with Crippen molar-refractivity contribution in [3.63, 3.8) is 0 Å². The fraction of sp³-hybridized carbons (Fsp3) is 1.00. The van der Waals surface area contributed by atoms with E-state index in [4.69, 9.17) is 4.12 Å². The van der Waals surface area contributed by atoms with Gasteiger partial charge in [0.25, 0.3) is 0 Å². The Morgan fingerprint density at radius 3 is 0.826 bits per heavy atom. The Kier molecular flexibility index (Phi) is 9.07. The van der Waals surface area contributed by atoms with E-state index in [1.165, 1.54) is 0 Å². The van der Waals surface area contributed by atoms with Crippen molar-refractivity contribution >= 4 is 46.5 Å². The number of aliphatic hydroxyl groups excluding tert-OH is 4. The summed E-state index contributed by atoms with van der Waals surface area (Å²) in [5.41, 5.74) is 0. The zero-order chi connectivity index (χ0) is 18.7. The first-order chi connectivity index (χ1) is 10.2. The molecular formula is C12H38O5Si6. The Hall–Kier alpha value is 1.10. The highest BCUT2D eigenvalue weighted by Crippen LogP contribution is 2.25. The Morgan fingerprint density at radius 2 is 0.696 bits per heavy atom. The second-order valence-corrected chi connectivity index (χ2v) is 57.8. The summed E-state index contributed by atoms with van der Waals surface area (Å²) in [7, 11) is -11.2. The maximum atomic E-state index is 9.95. The third-order valence-electron chi connectivity index (χ3n) is 4.74. The van der Waals surface area contributed by atoms with E-state index in [1.807, 2.05) is 0 Å². The Balaban J connectivity index is 5.90. The quantitative estimate of drug-likeness (QED) is 0.358. The van der Waals surface area contributed by atoms with E-state index in [1.54, 1.807) is 0 Å².